The molecule has 0 radical (unpaired) electrons. The second-order valence-corrected chi connectivity index (χ2v) is 5.84. The molecule has 1 amide bonds. The molecule has 1 aliphatic heterocycles. The molecule has 1 aromatic rings. The lowest BCUT2D eigenvalue weighted by Gasteiger charge is -2.33. The topological polar surface area (TPSA) is 49.8 Å². The molecule has 21 heavy (non-hydrogen) atoms. The van der Waals surface area contributed by atoms with E-state index in [2.05, 4.69) is 6.92 Å². The summed E-state index contributed by atoms with van der Waals surface area (Å²) in [7, 11) is 1.84. The van der Waals surface area contributed by atoms with Gasteiger partial charge in [0, 0.05) is 19.6 Å². The highest BCUT2D eigenvalue weighted by Gasteiger charge is 2.30. The fourth-order valence-electron chi connectivity index (χ4n) is 2.88. The summed E-state index contributed by atoms with van der Waals surface area (Å²) < 4.78 is 5.64. The summed E-state index contributed by atoms with van der Waals surface area (Å²) in [6, 6.07) is 7.05. The normalized spacial score (nSPS) is 23.6. The van der Waals surface area contributed by atoms with Crippen molar-refractivity contribution >= 4 is 5.91 Å². The van der Waals surface area contributed by atoms with E-state index in [1.54, 1.807) is 23.1 Å². The molecule has 1 N–H and O–H groups in total. The minimum absolute atomic E-state index is 0.0486. The molecular formula is C17H25NO3. The van der Waals surface area contributed by atoms with Crippen molar-refractivity contribution in [2.75, 3.05) is 13.7 Å². The molecular weight excluding hydrogens is 266 g/mol. The van der Waals surface area contributed by atoms with Crippen molar-refractivity contribution in [2.24, 2.45) is 5.92 Å². The molecule has 1 fully saturated rings. The highest BCUT2D eigenvalue weighted by atomic mass is 16.5. The summed E-state index contributed by atoms with van der Waals surface area (Å²) in [5, 5.41) is 9.58. The lowest BCUT2D eigenvalue weighted by atomic mass is 9.92. The second kappa shape index (κ2) is 6.94. The standard InChI is InChI=1S/C17H25NO3/c1-4-16-11-14(8-9-21-16)17(20)18(3)12(2)13-6-5-7-15(19)10-13/h5-7,10,12,14,16,19H,4,8-9,11H2,1-3H3/t12-,14-,16-/m1/s1. The molecule has 2 rings (SSSR count). The Morgan fingerprint density at radius 2 is 2.29 bits per heavy atom. The lowest BCUT2D eigenvalue weighted by Crippen LogP contribution is -2.39. The number of aromatic hydroxyl groups is 1. The number of hydrogen-bond acceptors (Lipinski definition) is 3. The monoisotopic (exact) mass is 291 g/mol. The number of ether oxygens (including phenoxy) is 1. The number of benzene rings is 1. The van der Waals surface area contributed by atoms with Gasteiger partial charge in [-0.3, -0.25) is 4.79 Å². The van der Waals surface area contributed by atoms with Crippen LogP contribution >= 0.6 is 0 Å². The van der Waals surface area contributed by atoms with E-state index in [4.69, 9.17) is 4.74 Å². The van der Waals surface area contributed by atoms with Crippen molar-refractivity contribution in [3.63, 3.8) is 0 Å². The third-order valence-electron chi connectivity index (χ3n) is 4.45. The van der Waals surface area contributed by atoms with Gasteiger partial charge in [-0.2, -0.15) is 0 Å². The molecule has 0 unspecified atom stereocenters. The van der Waals surface area contributed by atoms with E-state index < -0.39 is 0 Å². The number of rotatable bonds is 4. The third-order valence-corrected chi connectivity index (χ3v) is 4.45. The van der Waals surface area contributed by atoms with E-state index in [0.717, 1.165) is 24.8 Å². The summed E-state index contributed by atoms with van der Waals surface area (Å²) in [4.78, 5) is 14.5. The number of carbonyl (C=O) groups excluding carboxylic acids is 1. The summed E-state index contributed by atoms with van der Waals surface area (Å²) in [5.74, 6) is 0.457. The minimum atomic E-state index is -0.0486. The van der Waals surface area contributed by atoms with Crippen LogP contribution in [0.2, 0.25) is 0 Å². The fraction of sp³-hybridized carbons (Fsp3) is 0.588. The van der Waals surface area contributed by atoms with Crippen LogP contribution in [0.25, 0.3) is 0 Å². The zero-order chi connectivity index (χ0) is 15.4. The molecule has 0 spiro atoms. The van der Waals surface area contributed by atoms with E-state index in [0.29, 0.717) is 6.61 Å². The minimum Gasteiger partial charge on any atom is -0.508 e. The Morgan fingerprint density at radius 3 is 2.95 bits per heavy atom. The Labute approximate surface area is 126 Å². The molecule has 1 saturated heterocycles. The maximum absolute atomic E-state index is 12.7. The van der Waals surface area contributed by atoms with Gasteiger partial charge in [0.1, 0.15) is 5.75 Å². The van der Waals surface area contributed by atoms with E-state index in [9.17, 15) is 9.90 Å². The van der Waals surface area contributed by atoms with Gasteiger partial charge in [-0.25, -0.2) is 0 Å². The van der Waals surface area contributed by atoms with Crippen molar-refractivity contribution < 1.29 is 14.6 Å². The Hall–Kier alpha value is -1.55. The van der Waals surface area contributed by atoms with Crippen LogP contribution < -0.4 is 0 Å². The van der Waals surface area contributed by atoms with Crippen molar-refractivity contribution in [1.82, 2.24) is 4.90 Å². The molecule has 1 aliphatic rings. The lowest BCUT2D eigenvalue weighted by molar-refractivity contribution is -0.141. The fourth-order valence-corrected chi connectivity index (χ4v) is 2.88. The molecule has 0 saturated carbocycles. The molecule has 116 valence electrons. The van der Waals surface area contributed by atoms with Crippen molar-refractivity contribution in [3.05, 3.63) is 29.8 Å². The van der Waals surface area contributed by atoms with Gasteiger partial charge in [0.25, 0.3) is 0 Å². The maximum atomic E-state index is 12.7. The van der Waals surface area contributed by atoms with Gasteiger partial charge in [-0.1, -0.05) is 19.1 Å². The van der Waals surface area contributed by atoms with Gasteiger partial charge in [0.05, 0.1) is 12.1 Å². The van der Waals surface area contributed by atoms with Crippen LogP contribution in [0, 0.1) is 5.92 Å². The predicted octanol–water partition coefficient (Wildman–Crippen LogP) is 3.12. The summed E-state index contributed by atoms with van der Waals surface area (Å²) in [6.45, 7) is 4.75. The van der Waals surface area contributed by atoms with Gasteiger partial charge < -0.3 is 14.7 Å². The number of carbonyl (C=O) groups is 1. The van der Waals surface area contributed by atoms with Crippen LogP contribution in [-0.4, -0.2) is 35.7 Å². The van der Waals surface area contributed by atoms with E-state index >= 15 is 0 Å². The maximum Gasteiger partial charge on any atom is 0.226 e. The first-order valence-corrected chi connectivity index (χ1v) is 7.70. The van der Waals surface area contributed by atoms with Gasteiger partial charge in [0.15, 0.2) is 0 Å². The van der Waals surface area contributed by atoms with Crippen LogP contribution in [0.5, 0.6) is 5.75 Å². The van der Waals surface area contributed by atoms with Gasteiger partial charge in [-0.15, -0.1) is 0 Å². The molecule has 1 aromatic carbocycles. The summed E-state index contributed by atoms with van der Waals surface area (Å²) in [5.41, 5.74) is 0.949. The molecule has 0 aliphatic carbocycles. The summed E-state index contributed by atoms with van der Waals surface area (Å²) in [6.07, 6.45) is 2.77. The second-order valence-electron chi connectivity index (χ2n) is 5.84. The quantitative estimate of drug-likeness (QED) is 0.927. The average Bonchev–Trinajstić information content (AvgIpc) is 2.52. The molecule has 0 bridgehead atoms. The van der Waals surface area contributed by atoms with Gasteiger partial charge >= 0.3 is 0 Å². The molecule has 3 atom stereocenters. The van der Waals surface area contributed by atoms with Gasteiger partial charge in [-0.05, 0) is 43.9 Å². The highest BCUT2D eigenvalue weighted by molar-refractivity contribution is 5.79. The Bertz CT molecular complexity index is 489. The number of hydrogen-bond donors (Lipinski definition) is 1. The first kappa shape index (κ1) is 15.8. The first-order valence-electron chi connectivity index (χ1n) is 7.70. The third kappa shape index (κ3) is 3.76. The van der Waals surface area contributed by atoms with E-state index in [1.807, 2.05) is 20.0 Å². The van der Waals surface area contributed by atoms with Crippen molar-refractivity contribution in [3.8, 4) is 5.75 Å². The number of phenolic OH excluding ortho intramolecular Hbond substituents is 1. The van der Waals surface area contributed by atoms with Gasteiger partial charge in [0.2, 0.25) is 5.91 Å². The number of phenols is 1. The zero-order valence-electron chi connectivity index (χ0n) is 13.1. The number of amides is 1. The van der Waals surface area contributed by atoms with Crippen LogP contribution in [0.3, 0.4) is 0 Å². The Morgan fingerprint density at radius 1 is 1.52 bits per heavy atom. The number of nitrogens with zero attached hydrogens (tertiary/aromatic N) is 1. The Balaban J connectivity index is 2.04. The highest BCUT2D eigenvalue weighted by Crippen LogP contribution is 2.28. The van der Waals surface area contributed by atoms with Crippen LogP contribution in [0.1, 0.15) is 44.7 Å². The van der Waals surface area contributed by atoms with Crippen molar-refractivity contribution in [1.29, 1.82) is 0 Å². The Kier molecular flexibility index (Phi) is 5.23. The summed E-state index contributed by atoms with van der Waals surface area (Å²) >= 11 is 0. The molecule has 4 heteroatoms. The van der Waals surface area contributed by atoms with Crippen molar-refractivity contribution in [2.45, 2.75) is 45.3 Å². The molecule has 1 heterocycles. The predicted molar refractivity (Wildman–Crippen MR) is 82.0 cm³/mol. The smallest absolute Gasteiger partial charge is 0.226 e. The first-order chi connectivity index (χ1) is 10.0. The van der Waals surface area contributed by atoms with Crippen LogP contribution in [0.4, 0.5) is 0 Å². The van der Waals surface area contributed by atoms with E-state index in [-0.39, 0.29) is 29.7 Å². The molecule has 4 nitrogen and oxygen atoms in total. The molecule has 0 aromatic heterocycles. The SMILES string of the molecule is CC[C@@H]1C[C@H](C(=O)N(C)[C@H](C)c2cccc(O)c2)CCO1. The average molecular weight is 291 g/mol. The van der Waals surface area contributed by atoms with Crippen LogP contribution in [-0.2, 0) is 9.53 Å². The largest absolute Gasteiger partial charge is 0.508 e. The van der Waals surface area contributed by atoms with E-state index in [1.165, 1.54) is 0 Å². The van der Waals surface area contributed by atoms with Crippen LogP contribution in [0.15, 0.2) is 24.3 Å². The zero-order valence-corrected chi connectivity index (χ0v) is 13.1.